The fraction of sp³-hybridized carbons (Fsp3) is 0.0196. The Kier molecular flexibility index (Phi) is 7.49. The monoisotopic (exact) mass is 717 g/mol. The molecule has 0 aliphatic carbocycles. The van der Waals surface area contributed by atoms with E-state index in [0.717, 1.165) is 61.1 Å². The molecule has 5 nitrogen and oxygen atoms in total. The zero-order chi connectivity index (χ0) is 37.0. The van der Waals surface area contributed by atoms with Gasteiger partial charge in [-0.25, -0.2) is 4.99 Å². The Bertz CT molecular complexity index is 3140. The number of fused-ring (bicyclic) bond motifs is 6. The number of rotatable bonds is 5. The van der Waals surface area contributed by atoms with Gasteiger partial charge in [0.05, 0.1) is 22.1 Å². The van der Waals surface area contributed by atoms with Crippen LogP contribution in [-0.2, 0) is 0 Å². The highest BCUT2D eigenvalue weighted by Crippen LogP contribution is 2.38. The summed E-state index contributed by atoms with van der Waals surface area (Å²) in [7, 11) is 0. The molecule has 0 amide bonds. The molecule has 0 fully saturated rings. The van der Waals surface area contributed by atoms with Crippen molar-refractivity contribution in [2.24, 2.45) is 9.98 Å². The van der Waals surface area contributed by atoms with Crippen LogP contribution in [0.4, 0.5) is 0 Å². The average Bonchev–Trinajstić information content (AvgIpc) is 3.79. The molecule has 0 radical (unpaired) electrons. The first-order chi connectivity index (χ1) is 27.8. The van der Waals surface area contributed by atoms with Gasteiger partial charge in [-0.15, -0.1) is 0 Å². The van der Waals surface area contributed by atoms with Crippen LogP contribution in [0.1, 0.15) is 17.3 Å². The molecule has 3 heterocycles. The Morgan fingerprint density at radius 1 is 0.375 bits per heavy atom. The van der Waals surface area contributed by atoms with Gasteiger partial charge >= 0.3 is 0 Å². The minimum Gasteiger partial charge on any atom is -0.344 e. The van der Waals surface area contributed by atoms with Gasteiger partial charge in [-0.05, 0) is 70.3 Å². The van der Waals surface area contributed by atoms with E-state index in [0.29, 0.717) is 5.96 Å². The lowest BCUT2D eigenvalue weighted by Gasteiger charge is -2.24. The highest BCUT2D eigenvalue weighted by molar-refractivity contribution is 6.18. The van der Waals surface area contributed by atoms with Gasteiger partial charge in [-0.1, -0.05) is 158 Å². The van der Waals surface area contributed by atoms with E-state index in [1.54, 1.807) is 0 Å². The number of nitrogens with one attached hydrogen (secondary N) is 1. The van der Waals surface area contributed by atoms with Crippen molar-refractivity contribution in [2.45, 2.75) is 6.17 Å². The second-order valence-corrected chi connectivity index (χ2v) is 14.3. The Labute approximate surface area is 324 Å². The second-order valence-electron chi connectivity index (χ2n) is 14.3. The fourth-order valence-electron chi connectivity index (χ4n) is 8.31. The third-order valence-corrected chi connectivity index (χ3v) is 11.0. The molecule has 56 heavy (non-hydrogen) atoms. The van der Waals surface area contributed by atoms with Crippen LogP contribution in [0.5, 0.6) is 0 Å². The molecule has 0 bridgehead atoms. The number of hydrogen-bond acceptors (Lipinski definition) is 3. The predicted molar refractivity (Wildman–Crippen MR) is 233 cm³/mol. The van der Waals surface area contributed by atoms with Crippen LogP contribution in [-0.4, -0.2) is 20.9 Å². The molecule has 5 heteroatoms. The van der Waals surface area contributed by atoms with E-state index in [1.165, 1.54) is 27.4 Å². The minimum absolute atomic E-state index is 0.323. The van der Waals surface area contributed by atoms with E-state index in [1.807, 2.05) is 12.1 Å². The fourth-order valence-corrected chi connectivity index (χ4v) is 8.31. The largest absolute Gasteiger partial charge is 0.344 e. The smallest absolute Gasteiger partial charge is 0.234 e. The van der Waals surface area contributed by atoms with Gasteiger partial charge in [0.1, 0.15) is 12.0 Å². The van der Waals surface area contributed by atoms with Crippen LogP contribution in [0.25, 0.3) is 71.6 Å². The van der Waals surface area contributed by atoms with Crippen LogP contribution in [0.15, 0.2) is 210 Å². The van der Waals surface area contributed by atoms with Crippen molar-refractivity contribution in [3.63, 3.8) is 0 Å². The lowest BCUT2D eigenvalue weighted by atomic mass is 10.0. The third-order valence-electron chi connectivity index (χ3n) is 11.0. The van der Waals surface area contributed by atoms with Gasteiger partial charge < -0.3 is 9.88 Å². The van der Waals surface area contributed by atoms with E-state index in [9.17, 15) is 0 Å². The summed E-state index contributed by atoms with van der Waals surface area (Å²) in [6.07, 6.45) is -0.323. The molecule has 0 saturated heterocycles. The molecular formula is C51H35N5. The lowest BCUT2D eigenvalue weighted by Crippen LogP contribution is -2.35. The number of amidine groups is 1. The molecule has 1 atom stereocenters. The summed E-state index contributed by atoms with van der Waals surface area (Å²) in [6, 6.07) is 71.0. The molecule has 0 spiro atoms. The quantitative estimate of drug-likeness (QED) is 0.189. The minimum atomic E-state index is -0.323. The van der Waals surface area contributed by atoms with Crippen LogP contribution < -0.4 is 5.32 Å². The zero-order valence-corrected chi connectivity index (χ0v) is 30.4. The van der Waals surface area contributed by atoms with Crippen molar-refractivity contribution in [1.29, 1.82) is 0 Å². The summed E-state index contributed by atoms with van der Waals surface area (Å²) in [5.41, 5.74) is 12.4. The lowest BCUT2D eigenvalue weighted by molar-refractivity contribution is 0.668. The average molecular weight is 718 g/mol. The number of benzene rings is 8. The third kappa shape index (κ3) is 5.32. The molecule has 264 valence electrons. The van der Waals surface area contributed by atoms with Crippen molar-refractivity contribution in [1.82, 2.24) is 14.5 Å². The Balaban J connectivity index is 1.08. The first-order valence-corrected chi connectivity index (χ1v) is 19.0. The molecule has 0 saturated carbocycles. The number of para-hydroxylation sites is 3. The standard InChI is InChI=1S/C51H35N5/c1-4-14-34(15-5-1)35-24-26-37(27-25-35)50-52-49(36-16-6-2-7-17-36)53-51(54-50)56-46-23-13-10-20-41(46)43-30-28-39(33-48(43)56)38-29-31-47-44(32-38)42-21-11-12-22-45(42)55(47)40-18-8-3-9-19-40/h1-33,49H,(H,52,53,54). The van der Waals surface area contributed by atoms with Crippen LogP contribution in [0.3, 0.4) is 0 Å². The van der Waals surface area contributed by atoms with Gasteiger partial charge in [0.2, 0.25) is 5.96 Å². The van der Waals surface area contributed by atoms with E-state index < -0.39 is 0 Å². The van der Waals surface area contributed by atoms with Crippen molar-refractivity contribution < 1.29 is 0 Å². The van der Waals surface area contributed by atoms with Gasteiger partial charge in [0, 0.05) is 32.8 Å². The number of aromatic nitrogens is 2. The van der Waals surface area contributed by atoms with Crippen molar-refractivity contribution >= 4 is 55.4 Å². The van der Waals surface area contributed by atoms with Crippen molar-refractivity contribution in [2.75, 3.05) is 0 Å². The Morgan fingerprint density at radius 3 is 1.64 bits per heavy atom. The number of hydrogen-bond donors (Lipinski definition) is 1. The number of nitrogens with zero attached hydrogens (tertiary/aromatic N) is 4. The van der Waals surface area contributed by atoms with Crippen molar-refractivity contribution in [3.05, 3.63) is 211 Å². The van der Waals surface area contributed by atoms with Gasteiger partial charge in [0.25, 0.3) is 0 Å². The topological polar surface area (TPSA) is 46.6 Å². The number of aliphatic imine (C=N–C) groups is 2. The molecule has 1 aliphatic heterocycles. The van der Waals surface area contributed by atoms with Gasteiger partial charge in [0.15, 0.2) is 0 Å². The Hall–Kier alpha value is -7.50. The maximum absolute atomic E-state index is 5.32. The maximum atomic E-state index is 5.32. The molecule has 10 aromatic rings. The van der Waals surface area contributed by atoms with E-state index >= 15 is 0 Å². The molecule has 1 unspecified atom stereocenters. The molecule has 1 aliphatic rings. The summed E-state index contributed by atoms with van der Waals surface area (Å²) >= 11 is 0. The van der Waals surface area contributed by atoms with Gasteiger partial charge in [-0.2, -0.15) is 4.99 Å². The van der Waals surface area contributed by atoms with Crippen LogP contribution in [0.2, 0.25) is 0 Å². The molecule has 11 rings (SSSR count). The zero-order valence-electron chi connectivity index (χ0n) is 30.4. The highest BCUT2D eigenvalue weighted by atomic mass is 15.3. The first kappa shape index (κ1) is 32.0. The van der Waals surface area contributed by atoms with Crippen LogP contribution in [0, 0.1) is 0 Å². The second kappa shape index (κ2) is 13.1. The predicted octanol–water partition coefficient (Wildman–Crippen LogP) is 12.2. The maximum Gasteiger partial charge on any atom is 0.234 e. The summed E-state index contributed by atoms with van der Waals surface area (Å²) in [4.78, 5) is 10.6. The van der Waals surface area contributed by atoms with Crippen molar-refractivity contribution in [3.8, 4) is 27.9 Å². The van der Waals surface area contributed by atoms with E-state index in [4.69, 9.17) is 9.98 Å². The molecular weight excluding hydrogens is 683 g/mol. The molecule has 8 aromatic carbocycles. The highest BCUT2D eigenvalue weighted by Gasteiger charge is 2.24. The SMILES string of the molecule is c1ccc(-c2ccc(C3=NC(n4c5ccccc5c5ccc(-c6ccc7c(c6)c6ccccc6n7-c6ccccc6)cc54)=NC(c4ccccc4)N3)cc2)cc1. The first-order valence-electron chi connectivity index (χ1n) is 19.0. The molecule has 2 aromatic heterocycles. The summed E-state index contributed by atoms with van der Waals surface area (Å²) in [5, 5.41) is 8.45. The van der Waals surface area contributed by atoms with E-state index in [-0.39, 0.29) is 6.17 Å². The Morgan fingerprint density at radius 2 is 0.893 bits per heavy atom. The summed E-state index contributed by atoms with van der Waals surface area (Å²) in [6.45, 7) is 0. The van der Waals surface area contributed by atoms with Gasteiger partial charge in [-0.3, -0.25) is 4.57 Å². The van der Waals surface area contributed by atoms with E-state index in [2.05, 4.69) is 203 Å². The normalized spacial score (nSPS) is 14.2. The summed E-state index contributed by atoms with van der Waals surface area (Å²) < 4.78 is 4.60. The van der Waals surface area contributed by atoms with Crippen LogP contribution >= 0.6 is 0 Å². The molecule has 1 N–H and O–H groups in total. The summed E-state index contributed by atoms with van der Waals surface area (Å²) in [5.74, 6) is 1.43.